The first-order valence-electron chi connectivity index (χ1n) is 6.42. The lowest BCUT2D eigenvalue weighted by atomic mass is 10.4. The summed E-state index contributed by atoms with van der Waals surface area (Å²) in [7, 11) is 3.73. The van der Waals surface area contributed by atoms with Gasteiger partial charge >= 0.3 is 6.01 Å². The molecule has 1 N–H and O–H groups in total. The summed E-state index contributed by atoms with van der Waals surface area (Å²) in [6.07, 6.45) is 0.0255. The lowest BCUT2D eigenvalue weighted by Crippen LogP contribution is -2.20. The van der Waals surface area contributed by atoms with Crippen molar-refractivity contribution in [3.05, 3.63) is 22.4 Å². The van der Waals surface area contributed by atoms with E-state index in [0.29, 0.717) is 17.9 Å². The molecular weight excluding hydrogens is 274 g/mol. The smallest absolute Gasteiger partial charge is 0.323 e. The quantitative estimate of drug-likeness (QED) is 0.882. The van der Waals surface area contributed by atoms with Crippen molar-refractivity contribution in [1.82, 2.24) is 15.0 Å². The van der Waals surface area contributed by atoms with Crippen LogP contribution in [0.5, 0.6) is 6.01 Å². The molecule has 0 fully saturated rings. The third kappa shape index (κ3) is 3.80. The number of nitrogens with one attached hydrogen (secondary N) is 1. The maximum Gasteiger partial charge on any atom is 0.323 e. The van der Waals surface area contributed by atoms with Gasteiger partial charge < -0.3 is 15.0 Å². The summed E-state index contributed by atoms with van der Waals surface area (Å²) in [4.78, 5) is 16.1. The standard InChI is InChI=1S/C13H19N5OS/c1-9(2)19-13-16-11(14-3)15-12(17-13)18(4)8-10-6-5-7-20-10/h5-7,9H,8H2,1-4H3,(H,14,15,16,17). The fourth-order valence-electron chi connectivity index (χ4n) is 1.60. The number of anilines is 2. The molecule has 0 bridgehead atoms. The number of rotatable bonds is 6. The third-order valence-electron chi connectivity index (χ3n) is 2.48. The Morgan fingerprint density at radius 2 is 2.15 bits per heavy atom. The highest BCUT2D eigenvalue weighted by molar-refractivity contribution is 7.09. The molecular formula is C13H19N5OS. The van der Waals surface area contributed by atoms with Crippen LogP contribution in [-0.4, -0.2) is 35.2 Å². The first-order chi connectivity index (χ1) is 9.58. The first-order valence-corrected chi connectivity index (χ1v) is 7.30. The molecule has 0 amide bonds. The second-order valence-corrected chi connectivity index (χ2v) is 5.63. The van der Waals surface area contributed by atoms with Crippen LogP contribution in [0.4, 0.5) is 11.9 Å². The van der Waals surface area contributed by atoms with E-state index in [-0.39, 0.29) is 6.10 Å². The molecule has 0 aliphatic rings. The molecule has 2 rings (SSSR count). The topological polar surface area (TPSA) is 63.2 Å². The summed E-state index contributed by atoms with van der Waals surface area (Å²) in [5, 5.41) is 4.99. The number of thiophene rings is 1. The molecule has 0 radical (unpaired) electrons. The summed E-state index contributed by atoms with van der Waals surface area (Å²) in [6.45, 7) is 4.64. The molecule has 0 aliphatic heterocycles. The van der Waals surface area contributed by atoms with Crippen LogP contribution in [-0.2, 0) is 6.54 Å². The Morgan fingerprint density at radius 3 is 2.75 bits per heavy atom. The Labute approximate surface area is 122 Å². The molecule has 20 heavy (non-hydrogen) atoms. The zero-order valence-corrected chi connectivity index (χ0v) is 12.9. The van der Waals surface area contributed by atoms with E-state index in [2.05, 4.69) is 31.7 Å². The highest BCUT2D eigenvalue weighted by Crippen LogP contribution is 2.18. The zero-order chi connectivity index (χ0) is 14.5. The Bertz CT molecular complexity index is 544. The minimum atomic E-state index is 0.0255. The van der Waals surface area contributed by atoms with Gasteiger partial charge in [0.2, 0.25) is 11.9 Å². The van der Waals surface area contributed by atoms with Gasteiger partial charge in [-0.05, 0) is 25.3 Å². The van der Waals surface area contributed by atoms with Crippen LogP contribution < -0.4 is 15.0 Å². The Kier molecular flexibility index (Phi) is 4.73. The van der Waals surface area contributed by atoms with Crippen molar-refractivity contribution in [3.63, 3.8) is 0 Å². The van der Waals surface area contributed by atoms with Crippen molar-refractivity contribution in [1.29, 1.82) is 0 Å². The van der Waals surface area contributed by atoms with Crippen LogP contribution in [0.15, 0.2) is 17.5 Å². The Hall–Kier alpha value is -1.89. The van der Waals surface area contributed by atoms with Crippen molar-refractivity contribution in [2.75, 3.05) is 24.3 Å². The summed E-state index contributed by atoms with van der Waals surface area (Å²) in [5.74, 6) is 1.09. The first kappa shape index (κ1) is 14.5. The lowest BCUT2D eigenvalue weighted by molar-refractivity contribution is 0.222. The van der Waals surface area contributed by atoms with Crippen LogP contribution in [0.2, 0.25) is 0 Å². The number of aromatic nitrogens is 3. The molecule has 108 valence electrons. The molecule has 2 heterocycles. The molecule has 7 heteroatoms. The second kappa shape index (κ2) is 6.51. The van der Waals surface area contributed by atoms with Gasteiger partial charge in [0.15, 0.2) is 0 Å². The molecule has 0 unspecified atom stereocenters. The highest BCUT2D eigenvalue weighted by atomic mass is 32.1. The van der Waals surface area contributed by atoms with Gasteiger partial charge in [-0.2, -0.15) is 15.0 Å². The minimum Gasteiger partial charge on any atom is -0.461 e. The summed E-state index contributed by atoms with van der Waals surface area (Å²) < 4.78 is 5.56. The van der Waals surface area contributed by atoms with E-state index in [9.17, 15) is 0 Å². The van der Waals surface area contributed by atoms with Gasteiger partial charge in [-0.25, -0.2) is 0 Å². The summed E-state index contributed by atoms with van der Waals surface area (Å²) in [6, 6.07) is 4.47. The number of nitrogens with zero attached hydrogens (tertiary/aromatic N) is 4. The van der Waals surface area contributed by atoms with Gasteiger partial charge in [0.05, 0.1) is 12.6 Å². The molecule has 0 aromatic carbocycles. The van der Waals surface area contributed by atoms with E-state index < -0.39 is 0 Å². The average molecular weight is 293 g/mol. The van der Waals surface area contributed by atoms with E-state index in [1.165, 1.54) is 4.88 Å². The van der Waals surface area contributed by atoms with Gasteiger partial charge in [0, 0.05) is 19.0 Å². The number of ether oxygens (including phenoxy) is 1. The minimum absolute atomic E-state index is 0.0255. The third-order valence-corrected chi connectivity index (χ3v) is 3.34. The van der Waals surface area contributed by atoms with Crippen LogP contribution in [0.1, 0.15) is 18.7 Å². The average Bonchev–Trinajstić information content (AvgIpc) is 2.90. The fourth-order valence-corrected chi connectivity index (χ4v) is 2.36. The summed E-state index contributed by atoms with van der Waals surface area (Å²) in [5.41, 5.74) is 0. The van der Waals surface area contributed by atoms with Crippen molar-refractivity contribution in [2.24, 2.45) is 0 Å². The van der Waals surface area contributed by atoms with Crippen LogP contribution in [0, 0.1) is 0 Å². The second-order valence-electron chi connectivity index (χ2n) is 4.59. The van der Waals surface area contributed by atoms with E-state index in [1.807, 2.05) is 31.9 Å². The maximum atomic E-state index is 5.56. The van der Waals surface area contributed by atoms with Crippen molar-refractivity contribution >= 4 is 23.2 Å². The zero-order valence-electron chi connectivity index (χ0n) is 12.1. The monoisotopic (exact) mass is 293 g/mol. The number of hydrogen-bond donors (Lipinski definition) is 1. The molecule has 0 spiro atoms. The Morgan fingerprint density at radius 1 is 1.35 bits per heavy atom. The van der Waals surface area contributed by atoms with E-state index >= 15 is 0 Å². The van der Waals surface area contributed by atoms with E-state index in [4.69, 9.17) is 4.74 Å². The SMILES string of the molecule is CNc1nc(OC(C)C)nc(N(C)Cc2cccs2)n1. The fraction of sp³-hybridized carbons (Fsp3) is 0.462. The maximum absolute atomic E-state index is 5.56. The number of hydrogen-bond acceptors (Lipinski definition) is 7. The molecule has 0 atom stereocenters. The normalized spacial score (nSPS) is 10.7. The summed E-state index contributed by atoms with van der Waals surface area (Å²) >= 11 is 1.71. The largest absolute Gasteiger partial charge is 0.461 e. The molecule has 6 nitrogen and oxygen atoms in total. The molecule has 0 saturated heterocycles. The van der Waals surface area contributed by atoms with Crippen LogP contribution in [0.3, 0.4) is 0 Å². The van der Waals surface area contributed by atoms with Gasteiger partial charge in [-0.3, -0.25) is 0 Å². The van der Waals surface area contributed by atoms with Crippen LogP contribution in [0.25, 0.3) is 0 Å². The molecule has 2 aromatic rings. The van der Waals surface area contributed by atoms with Gasteiger partial charge in [0.25, 0.3) is 0 Å². The molecule has 0 saturated carbocycles. The highest BCUT2D eigenvalue weighted by Gasteiger charge is 2.12. The molecule has 0 aliphatic carbocycles. The van der Waals surface area contributed by atoms with Crippen molar-refractivity contribution in [3.8, 4) is 6.01 Å². The van der Waals surface area contributed by atoms with Gasteiger partial charge in [0.1, 0.15) is 0 Å². The van der Waals surface area contributed by atoms with Crippen LogP contribution >= 0.6 is 11.3 Å². The van der Waals surface area contributed by atoms with Crippen molar-refractivity contribution in [2.45, 2.75) is 26.5 Å². The van der Waals surface area contributed by atoms with Crippen molar-refractivity contribution < 1.29 is 4.74 Å². The lowest BCUT2D eigenvalue weighted by Gasteiger charge is -2.17. The molecule has 2 aromatic heterocycles. The Balaban J connectivity index is 2.20. The van der Waals surface area contributed by atoms with Gasteiger partial charge in [-0.1, -0.05) is 6.07 Å². The van der Waals surface area contributed by atoms with E-state index in [1.54, 1.807) is 18.4 Å². The van der Waals surface area contributed by atoms with E-state index in [0.717, 1.165) is 6.54 Å². The predicted octanol–water partition coefficient (Wildman–Crippen LogP) is 2.40. The predicted molar refractivity (Wildman–Crippen MR) is 81.6 cm³/mol. The van der Waals surface area contributed by atoms with Gasteiger partial charge in [-0.15, -0.1) is 11.3 Å².